The van der Waals surface area contributed by atoms with Gasteiger partial charge in [-0.1, -0.05) is 18.7 Å². The summed E-state index contributed by atoms with van der Waals surface area (Å²) < 4.78 is 0.710. The van der Waals surface area contributed by atoms with Crippen molar-refractivity contribution >= 4 is 35.4 Å². The number of β-lactam (4-membered cyclic amide) rings is 1. The third kappa shape index (κ3) is 2.28. The number of carbonyl (C=O) groups is 2. The van der Waals surface area contributed by atoms with Gasteiger partial charge in [0.25, 0.3) is 0 Å². The van der Waals surface area contributed by atoms with Crippen LogP contribution in [0.4, 0.5) is 0 Å². The van der Waals surface area contributed by atoms with Gasteiger partial charge in [-0.2, -0.15) is 0 Å². The second kappa shape index (κ2) is 5.74. The number of likely N-dealkylation sites (tertiary alicyclic amines) is 1. The second-order valence-electron chi connectivity index (χ2n) is 5.91. The van der Waals surface area contributed by atoms with Crippen molar-refractivity contribution in [1.29, 1.82) is 0 Å². The van der Waals surface area contributed by atoms with E-state index in [4.69, 9.17) is 0 Å². The van der Waals surface area contributed by atoms with Crippen LogP contribution in [0.15, 0.2) is 9.93 Å². The average molecular weight is 344 g/mol. The van der Waals surface area contributed by atoms with E-state index in [-0.39, 0.29) is 17.0 Å². The molecule has 0 aromatic carbocycles. The van der Waals surface area contributed by atoms with E-state index >= 15 is 0 Å². The Morgan fingerprint density at radius 1 is 1.55 bits per heavy atom. The van der Waals surface area contributed by atoms with E-state index in [9.17, 15) is 19.8 Å². The summed E-state index contributed by atoms with van der Waals surface area (Å²) in [6.07, 6.45) is -0.751. The molecular formula is C14H20N2O4S2. The van der Waals surface area contributed by atoms with Gasteiger partial charge in [0.2, 0.25) is 5.91 Å². The van der Waals surface area contributed by atoms with Crippen LogP contribution in [-0.4, -0.2) is 67.7 Å². The number of carboxylic acids is 1. The molecule has 122 valence electrons. The normalized spacial score (nSPS) is 36.0. The van der Waals surface area contributed by atoms with Crippen molar-refractivity contribution in [2.45, 2.75) is 43.5 Å². The Kier molecular flexibility index (Phi) is 4.22. The monoisotopic (exact) mass is 344 g/mol. The molecule has 22 heavy (non-hydrogen) atoms. The zero-order valence-electron chi connectivity index (χ0n) is 12.7. The lowest BCUT2D eigenvalue weighted by Crippen LogP contribution is -2.60. The quantitative estimate of drug-likeness (QED) is 0.720. The van der Waals surface area contributed by atoms with Crippen LogP contribution >= 0.6 is 23.5 Å². The van der Waals surface area contributed by atoms with Gasteiger partial charge in [-0.25, -0.2) is 4.79 Å². The molecule has 2 N–H and O–H groups in total. The molecule has 2 saturated heterocycles. The number of hydrogen-bond acceptors (Lipinski definition) is 6. The highest BCUT2D eigenvalue weighted by Crippen LogP contribution is 2.55. The van der Waals surface area contributed by atoms with Crippen molar-refractivity contribution in [2.75, 3.05) is 13.1 Å². The largest absolute Gasteiger partial charge is 0.477 e. The standard InChI is InChI=1S/C14H20N2O4S2/c1-4-15-5-8(6(15)2)21-14-10(13(19)20)16-11(18)9(7(3)17)12(16)22-14/h6-9,12,17H,4-5H2,1-3H3,(H,19,20)/t6?,7-,8?,9+,12-/m1/s1. The molecule has 0 aromatic rings. The van der Waals surface area contributed by atoms with E-state index in [1.807, 2.05) is 0 Å². The molecule has 0 aromatic heterocycles. The minimum atomic E-state index is -1.06. The topological polar surface area (TPSA) is 81.1 Å². The SMILES string of the molecule is CCN1CC(SC2=C(C(=O)O)N3C(=O)[C@H]([C@@H](C)O)[C@H]3S2)C1C. The summed E-state index contributed by atoms with van der Waals surface area (Å²) in [5.41, 5.74) is 0.101. The maximum absolute atomic E-state index is 12.1. The van der Waals surface area contributed by atoms with Gasteiger partial charge in [0.1, 0.15) is 5.37 Å². The fourth-order valence-corrected chi connectivity index (χ4v) is 6.59. The second-order valence-corrected chi connectivity index (χ2v) is 8.54. The number of aliphatic hydroxyl groups excluding tert-OH is 1. The predicted octanol–water partition coefficient (Wildman–Crippen LogP) is 0.978. The molecule has 0 aliphatic carbocycles. The number of thioether (sulfide) groups is 2. The van der Waals surface area contributed by atoms with Crippen LogP contribution in [0.2, 0.25) is 0 Å². The van der Waals surface area contributed by atoms with Crippen LogP contribution in [0, 0.1) is 5.92 Å². The molecule has 2 fully saturated rings. The van der Waals surface area contributed by atoms with Gasteiger partial charge in [0, 0.05) is 17.8 Å². The first-order chi connectivity index (χ1) is 10.4. The highest BCUT2D eigenvalue weighted by atomic mass is 32.2. The maximum atomic E-state index is 12.1. The molecule has 5 atom stereocenters. The molecule has 0 bridgehead atoms. The lowest BCUT2D eigenvalue weighted by molar-refractivity contribution is -0.156. The molecule has 0 saturated carbocycles. The molecule has 3 aliphatic heterocycles. The summed E-state index contributed by atoms with van der Waals surface area (Å²) >= 11 is 2.98. The van der Waals surface area contributed by atoms with Gasteiger partial charge in [-0.05, 0) is 20.4 Å². The van der Waals surface area contributed by atoms with Crippen molar-refractivity contribution in [2.24, 2.45) is 5.92 Å². The predicted molar refractivity (Wildman–Crippen MR) is 86.1 cm³/mol. The first-order valence-corrected chi connectivity index (χ1v) is 9.18. The van der Waals surface area contributed by atoms with Gasteiger partial charge >= 0.3 is 5.97 Å². The van der Waals surface area contributed by atoms with E-state index < -0.39 is 18.0 Å². The Morgan fingerprint density at radius 2 is 2.23 bits per heavy atom. The molecule has 6 nitrogen and oxygen atoms in total. The lowest BCUT2D eigenvalue weighted by Gasteiger charge is -2.45. The Hall–Kier alpha value is -0.700. The molecule has 0 spiro atoms. The van der Waals surface area contributed by atoms with E-state index in [0.29, 0.717) is 15.5 Å². The number of carbonyl (C=O) groups excluding carboxylic acids is 1. The number of aliphatic carboxylic acids is 1. The van der Waals surface area contributed by atoms with E-state index in [2.05, 4.69) is 18.7 Å². The first-order valence-electron chi connectivity index (χ1n) is 7.42. The van der Waals surface area contributed by atoms with Gasteiger partial charge in [0.15, 0.2) is 5.70 Å². The number of hydrogen-bond donors (Lipinski definition) is 2. The van der Waals surface area contributed by atoms with Crippen LogP contribution in [0.1, 0.15) is 20.8 Å². The fourth-order valence-electron chi connectivity index (χ4n) is 3.17. The zero-order chi connectivity index (χ0) is 16.2. The highest BCUT2D eigenvalue weighted by molar-refractivity contribution is 8.23. The van der Waals surface area contributed by atoms with Crippen molar-refractivity contribution in [3.05, 3.63) is 9.93 Å². The molecule has 3 rings (SSSR count). The Morgan fingerprint density at radius 3 is 2.73 bits per heavy atom. The number of amides is 1. The van der Waals surface area contributed by atoms with Gasteiger partial charge in [-0.15, -0.1) is 11.8 Å². The third-order valence-corrected chi connectivity index (χ3v) is 7.65. The summed E-state index contributed by atoms with van der Waals surface area (Å²) in [4.78, 5) is 27.3. The Bertz CT molecular complexity index is 551. The molecular weight excluding hydrogens is 324 g/mol. The number of nitrogens with zero attached hydrogens (tertiary/aromatic N) is 2. The number of carboxylic acid groups (broad SMARTS) is 1. The van der Waals surface area contributed by atoms with Gasteiger partial charge in [-0.3, -0.25) is 14.6 Å². The van der Waals surface area contributed by atoms with Crippen molar-refractivity contribution in [3.8, 4) is 0 Å². The first kappa shape index (κ1) is 16.2. The summed E-state index contributed by atoms with van der Waals surface area (Å²) in [6, 6.07) is 0.412. The highest BCUT2D eigenvalue weighted by Gasteiger charge is 2.58. The van der Waals surface area contributed by atoms with Crippen molar-refractivity contribution in [1.82, 2.24) is 9.80 Å². The summed E-state index contributed by atoms with van der Waals surface area (Å²) in [6.45, 7) is 7.77. The molecule has 3 heterocycles. The van der Waals surface area contributed by atoms with E-state index in [0.717, 1.165) is 13.1 Å². The minimum Gasteiger partial charge on any atom is -0.477 e. The van der Waals surface area contributed by atoms with Crippen LogP contribution in [-0.2, 0) is 9.59 Å². The zero-order valence-corrected chi connectivity index (χ0v) is 14.4. The van der Waals surface area contributed by atoms with E-state index in [1.54, 1.807) is 18.7 Å². The van der Waals surface area contributed by atoms with Crippen LogP contribution in [0.5, 0.6) is 0 Å². The average Bonchev–Trinajstić information content (AvgIpc) is 2.76. The fraction of sp³-hybridized carbons (Fsp3) is 0.714. The number of fused-ring (bicyclic) bond motifs is 1. The molecule has 2 unspecified atom stereocenters. The maximum Gasteiger partial charge on any atom is 0.354 e. The van der Waals surface area contributed by atoms with Crippen molar-refractivity contribution in [3.63, 3.8) is 0 Å². The summed E-state index contributed by atoms with van der Waals surface area (Å²) in [5.74, 6) is -1.84. The van der Waals surface area contributed by atoms with Gasteiger partial charge < -0.3 is 10.2 Å². The van der Waals surface area contributed by atoms with Crippen LogP contribution < -0.4 is 0 Å². The Labute approximate surface area is 137 Å². The molecule has 1 amide bonds. The number of aliphatic hydroxyl groups is 1. The van der Waals surface area contributed by atoms with E-state index in [1.165, 1.54) is 16.7 Å². The lowest BCUT2D eigenvalue weighted by atomic mass is 9.92. The smallest absolute Gasteiger partial charge is 0.354 e. The molecule has 8 heteroatoms. The Balaban J connectivity index is 1.76. The summed E-state index contributed by atoms with van der Waals surface area (Å²) in [7, 11) is 0. The van der Waals surface area contributed by atoms with Gasteiger partial charge in [0.05, 0.1) is 16.3 Å². The van der Waals surface area contributed by atoms with Crippen LogP contribution in [0.25, 0.3) is 0 Å². The number of rotatable bonds is 5. The summed E-state index contributed by atoms with van der Waals surface area (Å²) in [5, 5.41) is 19.3. The third-order valence-electron chi connectivity index (χ3n) is 4.66. The molecule has 0 radical (unpaired) electrons. The molecule has 3 aliphatic rings. The minimum absolute atomic E-state index is 0.101. The van der Waals surface area contributed by atoms with Crippen molar-refractivity contribution < 1.29 is 19.8 Å². The van der Waals surface area contributed by atoms with Crippen LogP contribution in [0.3, 0.4) is 0 Å².